The van der Waals surface area contributed by atoms with E-state index in [0.29, 0.717) is 21.0 Å². The van der Waals surface area contributed by atoms with Crippen LogP contribution in [0.3, 0.4) is 0 Å². The van der Waals surface area contributed by atoms with Crippen molar-refractivity contribution in [1.82, 2.24) is 0 Å². The number of rotatable bonds is 5. The highest BCUT2D eigenvalue weighted by Crippen LogP contribution is 2.21. The van der Waals surface area contributed by atoms with Gasteiger partial charge in [0.25, 0.3) is 5.91 Å². The number of carbonyl (C=O) groups excluding carboxylic acids is 1. The first kappa shape index (κ1) is 17.5. The Labute approximate surface area is 156 Å². The minimum atomic E-state index is -0.543. The summed E-state index contributed by atoms with van der Waals surface area (Å²) in [5.41, 5.74) is 0.0727. The number of halogens is 3. The molecule has 2 aromatic carbocycles. The number of amides is 1. The highest BCUT2D eigenvalue weighted by molar-refractivity contribution is 9.10. The van der Waals surface area contributed by atoms with E-state index in [2.05, 4.69) is 21.2 Å². The molecule has 1 aromatic heterocycles. The summed E-state index contributed by atoms with van der Waals surface area (Å²) in [5, 5.41) is 3.08. The van der Waals surface area contributed by atoms with Gasteiger partial charge >= 0.3 is 0 Å². The summed E-state index contributed by atoms with van der Waals surface area (Å²) in [6.45, 7) is 0.154. The normalized spacial score (nSPS) is 10.5. The van der Waals surface area contributed by atoms with Crippen LogP contribution in [0.4, 0.5) is 10.1 Å². The lowest BCUT2D eigenvalue weighted by Crippen LogP contribution is -2.12. The summed E-state index contributed by atoms with van der Waals surface area (Å²) in [6.07, 6.45) is 0. The molecule has 0 saturated heterocycles. The lowest BCUT2D eigenvalue weighted by atomic mass is 10.3. The van der Waals surface area contributed by atoms with Crippen molar-refractivity contribution < 1.29 is 18.3 Å². The number of anilines is 1. The Morgan fingerprint density at radius 2 is 1.92 bits per heavy atom. The first-order valence-corrected chi connectivity index (χ1v) is 8.42. The van der Waals surface area contributed by atoms with Crippen molar-refractivity contribution >= 4 is 39.1 Å². The molecule has 3 aromatic rings. The van der Waals surface area contributed by atoms with E-state index >= 15 is 0 Å². The quantitative estimate of drug-likeness (QED) is 0.574. The van der Waals surface area contributed by atoms with Crippen LogP contribution in [0.2, 0.25) is 5.02 Å². The fraction of sp³-hybridized carbons (Fsp3) is 0.0556. The van der Waals surface area contributed by atoms with E-state index in [-0.39, 0.29) is 18.1 Å². The predicted octanol–water partition coefficient (Wildman–Crippen LogP) is 5.67. The minimum Gasteiger partial charge on any atom is -0.486 e. The molecule has 1 heterocycles. The third kappa shape index (κ3) is 4.61. The van der Waals surface area contributed by atoms with Gasteiger partial charge in [-0.05, 0) is 54.6 Å². The molecule has 7 heteroatoms. The molecular weight excluding hydrogens is 413 g/mol. The largest absolute Gasteiger partial charge is 0.486 e. The number of benzene rings is 2. The zero-order valence-corrected chi connectivity index (χ0v) is 15.1. The van der Waals surface area contributed by atoms with Crippen LogP contribution < -0.4 is 10.1 Å². The molecule has 0 aliphatic carbocycles. The number of nitrogens with one attached hydrogen (secondary N) is 1. The number of ether oxygens (including phenoxy) is 1. The van der Waals surface area contributed by atoms with E-state index in [1.807, 2.05) is 0 Å². The lowest BCUT2D eigenvalue weighted by molar-refractivity contribution is 0.0992. The maximum atomic E-state index is 13.8. The molecule has 1 amide bonds. The van der Waals surface area contributed by atoms with E-state index in [0.717, 1.165) is 0 Å². The van der Waals surface area contributed by atoms with Crippen LogP contribution in [0, 0.1) is 5.82 Å². The van der Waals surface area contributed by atoms with Crippen molar-refractivity contribution in [2.24, 2.45) is 0 Å². The second-order valence-corrected chi connectivity index (χ2v) is 6.44. The highest BCUT2D eigenvalue weighted by Gasteiger charge is 2.14. The summed E-state index contributed by atoms with van der Waals surface area (Å²) in [4.78, 5) is 12.1. The Bertz CT molecular complexity index is 896. The van der Waals surface area contributed by atoms with E-state index in [1.165, 1.54) is 18.2 Å². The molecule has 0 spiro atoms. The molecule has 0 aliphatic heterocycles. The van der Waals surface area contributed by atoms with Crippen molar-refractivity contribution in [2.45, 2.75) is 6.61 Å². The maximum Gasteiger partial charge on any atom is 0.291 e. The summed E-state index contributed by atoms with van der Waals surface area (Å²) >= 11 is 8.96. The van der Waals surface area contributed by atoms with E-state index < -0.39 is 11.7 Å². The monoisotopic (exact) mass is 423 g/mol. The Hall–Kier alpha value is -2.31. The summed E-state index contributed by atoms with van der Waals surface area (Å²) < 4.78 is 25.3. The van der Waals surface area contributed by atoms with E-state index in [4.69, 9.17) is 20.8 Å². The number of furan rings is 1. The second-order valence-electron chi connectivity index (χ2n) is 5.09. The van der Waals surface area contributed by atoms with Gasteiger partial charge in [-0.25, -0.2) is 4.39 Å². The fourth-order valence-electron chi connectivity index (χ4n) is 2.04. The maximum absolute atomic E-state index is 13.8. The van der Waals surface area contributed by atoms with E-state index in [9.17, 15) is 9.18 Å². The molecule has 0 fully saturated rings. The van der Waals surface area contributed by atoms with Gasteiger partial charge in [0.05, 0.1) is 5.69 Å². The molecule has 0 bridgehead atoms. The fourth-order valence-corrected chi connectivity index (χ4v) is 2.50. The third-order valence-electron chi connectivity index (χ3n) is 3.26. The average Bonchev–Trinajstić information content (AvgIpc) is 3.06. The SMILES string of the molecule is O=C(Nc1ccc(Br)cc1F)c1ccc(COc2ccc(Cl)cc2)o1. The topological polar surface area (TPSA) is 51.5 Å². The Morgan fingerprint density at radius 3 is 2.64 bits per heavy atom. The Morgan fingerprint density at radius 1 is 1.16 bits per heavy atom. The third-order valence-corrected chi connectivity index (χ3v) is 4.00. The smallest absolute Gasteiger partial charge is 0.291 e. The first-order chi connectivity index (χ1) is 12.0. The van der Waals surface area contributed by atoms with Crippen LogP contribution in [-0.2, 0) is 6.61 Å². The van der Waals surface area contributed by atoms with Crippen molar-refractivity contribution in [3.63, 3.8) is 0 Å². The molecule has 0 unspecified atom stereocenters. The van der Waals surface area contributed by atoms with Crippen LogP contribution in [0.1, 0.15) is 16.3 Å². The van der Waals surface area contributed by atoms with Crippen molar-refractivity contribution in [1.29, 1.82) is 0 Å². The number of hydrogen-bond acceptors (Lipinski definition) is 3. The number of carbonyl (C=O) groups is 1. The second kappa shape index (κ2) is 7.72. The van der Waals surface area contributed by atoms with Gasteiger partial charge in [-0.2, -0.15) is 0 Å². The van der Waals surface area contributed by atoms with Gasteiger partial charge in [0, 0.05) is 9.50 Å². The van der Waals surface area contributed by atoms with Gasteiger partial charge in [-0.1, -0.05) is 27.5 Å². The van der Waals surface area contributed by atoms with Crippen LogP contribution in [0.5, 0.6) is 5.75 Å². The summed E-state index contributed by atoms with van der Waals surface area (Å²) in [5.74, 6) is 0.0803. The molecule has 25 heavy (non-hydrogen) atoms. The molecule has 0 saturated carbocycles. The van der Waals surface area contributed by atoms with Crippen molar-refractivity contribution in [3.05, 3.63) is 81.4 Å². The van der Waals surface area contributed by atoms with Crippen molar-refractivity contribution in [2.75, 3.05) is 5.32 Å². The predicted molar refractivity (Wildman–Crippen MR) is 96.5 cm³/mol. The van der Waals surface area contributed by atoms with Crippen LogP contribution >= 0.6 is 27.5 Å². The van der Waals surface area contributed by atoms with Crippen LogP contribution in [0.15, 0.2) is 63.5 Å². The molecule has 4 nitrogen and oxygen atoms in total. The molecule has 128 valence electrons. The van der Waals surface area contributed by atoms with Gasteiger partial charge in [0.1, 0.15) is 23.9 Å². The van der Waals surface area contributed by atoms with Gasteiger partial charge in [-0.3, -0.25) is 4.79 Å². The summed E-state index contributed by atoms with van der Waals surface area (Å²) in [7, 11) is 0. The van der Waals surface area contributed by atoms with Gasteiger partial charge in [0.15, 0.2) is 5.76 Å². The van der Waals surface area contributed by atoms with Gasteiger partial charge in [0.2, 0.25) is 0 Å². The average molecular weight is 425 g/mol. The standard InChI is InChI=1S/C18H12BrClFNO3/c19-11-1-7-16(15(21)9-11)22-18(23)17-8-6-14(25-17)10-24-13-4-2-12(20)3-5-13/h1-9H,10H2,(H,22,23). The van der Waals surface area contributed by atoms with Gasteiger partial charge in [-0.15, -0.1) is 0 Å². The Kier molecular flexibility index (Phi) is 5.40. The van der Waals surface area contributed by atoms with Crippen LogP contribution in [0.25, 0.3) is 0 Å². The Balaban J connectivity index is 1.62. The minimum absolute atomic E-state index is 0.0667. The lowest BCUT2D eigenvalue weighted by Gasteiger charge is -2.05. The molecule has 3 rings (SSSR count). The van der Waals surface area contributed by atoms with E-state index in [1.54, 1.807) is 36.4 Å². The molecule has 0 atom stereocenters. The molecule has 0 aliphatic rings. The van der Waals surface area contributed by atoms with Crippen LogP contribution in [-0.4, -0.2) is 5.91 Å². The molecular formula is C18H12BrClFNO3. The van der Waals surface area contributed by atoms with Gasteiger partial charge < -0.3 is 14.5 Å². The summed E-state index contributed by atoms with van der Waals surface area (Å²) in [6, 6.07) is 14.4. The zero-order valence-electron chi connectivity index (χ0n) is 12.8. The zero-order chi connectivity index (χ0) is 17.8. The number of hydrogen-bond donors (Lipinski definition) is 1. The molecule has 0 radical (unpaired) electrons. The highest BCUT2D eigenvalue weighted by atomic mass is 79.9. The molecule has 1 N–H and O–H groups in total. The van der Waals surface area contributed by atoms with Crippen molar-refractivity contribution in [3.8, 4) is 5.75 Å². The first-order valence-electron chi connectivity index (χ1n) is 7.25.